The first-order chi connectivity index (χ1) is 8.58. The van der Waals surface area contributed by atoms with Crippen molar-refractivity contribution < 1.29 is 14.2 Å². The van der Waals surface area contributed by atoms with Gasteiger partial charge in [0.15, 0.2) is 0 Å². The Bertz CT molecular complexity index is 549. The Morgan fingerprint density at radius 1 is 1.17 bits per heavy atom. The molecule has 0 amide bonds. The summed E-state index contributed by atoms with van der Waals surface area (Å²) in [5, 5.41) is 9.08. The van der Waals surface area contributed by atoms with Crippen LogP contribution in [0.15, 0.2) is 40.9 Å². The Balaban J connectivity index is 2.25. The Morgan fingerprint density at radius 3 is 2.56 bits per heavy atom. The summed E-state index contributed by atoms with van der Waals surface area (Å²) in [6, 6.07) is 9.73. The van der Waals surface area contributed by atoms with Crippen LogP contribution in [0.4, 0.5) is 4.39 Å². The van der Waals surface area contributed by atoms with Gasteiger partial charge >= 0.3 is 0 Å². The fourth-order valence-electron chi connectivity index (χ4n) is 1.63. The Morgan fingerprint density at radius 2 is 1.94 bits per heavy atom. The molecule has 2 rings (SSSR count). The van der Waals surface area contributed by atoms with Gasteiger partial charge in [-0.05, 0) is 42.3 Å². The van der Waals surface area contributed by atoms with Crippen molar-refractivity contribution in [3.63, 3.8) is 0 Å². The molecule has 94 valence electrons. The van der Waals surface area contributed by atoms with Crippen LogP contribution >= 0.6 is 15.9 Å². The molecule has 2 nitrogen and oxygen atoms in total. The van der Waals surface area contributed by atoms with Crippen LogP contribution in [0.3, 0.4) is 0 Å². The minimum atomic E-state index is -0.358. The molecule has 0 aliphatic carbocycles. The Hall–Kier alpha value is -1.39. The standard InChI is InChI=1S/C14H12BrFO2/c1-9-4-13(3-2-10(9)8-17)18-14-6-11(15)5-12(16)7-14/h2-7,17H,8H2,1H3. The zero-order valence-corrected chi connectivity index (χ0v) is 11.4. The van der Waals surface area contributed by atoms with Crippen molar-refractivity contribution in [1.29, 1.82) is 0 Å². The largest absolute Gasteiger partial charge is 0.457 e. The van der Waals surface area contributed by atoms with Crippen LogP contribution in [0.25, 0.3) is 0 Å². The zero-order chi connectivity index (χ0) is 13.1. The van der Waals surface area contributed by atoms with Crippen LogP contribution in [-0.4, -0.2) is 5.11 Å². The molecule has 0 aliphatic rings. The lowest BCUT2D eigenvalue weighted by molar-refractivity contribution is 0.281. The number of halogens is 2. The molecular formula is C14H12BrFO2. The molecule has 1 N–H and O–H groups in total. The van der Waals surface area contributed by atoms with E-state index in [-0.39, 0.29) is 12.4 Å². The summed E-state index contributed by atoms with van der Waals surface area (Å²) < 4.78 is 19.4. The van der Waals surface area contributed by atoms with Gasteiger partial charge in [-0.25, -0.2) is 4.39 Å². The summed E-state index contributed by atoms with van der Waals surface area (Å²) in [5.74, 6) is 0.684. The molecule has 0 bridgehead atoms. The normalized spacial score (nSPS) is 10.4. The van der Waals surface area contributed by atoms with E-state index in [0.717, 1.165) is 11.1 Å². The van der Waals surface area contributed by atoms with Gasteiger partial charge in [-0.3, -0.25) is 0 Å². The van der Waals surface area contributed by atoms with Crippen LogP contribution in [0.5, 0.6) is 11.5 Å². The molecule has 0 fully saturated rings. The van der Waals surface area contributed by atoms with Gasteiger partial charge in [0.1, 0.15) is 17.3 Å². The van der Waals surface area contributed by atoms with Crippen molar-refractivity contribution in [2.75, 3.05) is 0 Å². The van der Waals surface area contributed by atoms with Crippen LogP contribution in [0.1, 0.15) is 11.1 Å². The minimum absolute atomic E-state index is 0.00235. The number of aliphatic hydroxyl groups excluding tert-OH is 1. The molecule has 0 saturated carbocycles. The van der Waals surface area contributed by atoms with Crippen molar-refractivity contribution in [1.82, 2.24) is 0 Å². The van der Waals surface area contributed by atoms with Crippen molar-refractivity contribution in [3.8, 4) is 11.5 Å². The van der Waals surface area contributed by atoms with E-state index in [1.165, 1.54) is 12.1 Å². The molecule has 0 radical (unpaired) electrons. The number of benzene rings is 2. The summed E-state index contributed by atoms with van der Waals surface area (Å²) in [6.07, 6.45) is 0. The predicted molar refractivity (Wildman–Crippen MR) is 71.3 cm³/mol. The maximum atomic E-state index is 13.2. The zero-order valence-electron chi connectivity index (χ0n) is 9.78. The first-order valence-electron chi connectivity index (χ1n) is 5.43. The van der Waals surface area contributed by atoms with E-state index >= 15 is 0 Å². The molecule has 0 atom stereocenters. The lowest BCUT2D eigenvalue weighted by Crippen LogP contribution is -1.91. The molecule has 0 aromatic heterocycles. The number of hydrogen-bond donors (Lipinski definition) is 1. The number of rotatable bonds is 3. The van der Waals surface area contributed by atoms with Gasteiger partial charge in [-0.1, -0.05) is 22.0 Å². The molecular weight excluding hydrogens is 299 g/mol. The summed E-state index contributed by atoms with van der Waals surface area (Å²) in [4.78, 5) is 0. The van der Waals surface area contributed by atoms with E-state index in [9.17, 15) is 4.39 Å². The highest BCUT2D eigenvalue weighted by atomic mass is 79.9. The molecule has 0 heterocycles. The van der Waals surface area contributed by atoms with Crippen LogP contribution in [-0.2, 0) is 6.61 Å². The molecule has 18 heavy (non-hydrogen) atoms. The van der Waals surface area contributed by atoms with Gasteiger partial charge in [-0.15, -0.1) is 0 Å². The lowest BCUT2D eigenvalue weighted by Gasteiger charge is -2.09. The topological polar surface area (TPSA) is 29.5 Å². The van der Waals surface area contributed by atoms with Crippen molar-refractivity contribution in [2.45, 2.75) is 13.5 Å². The van der Waals surface area contributed by atoms with Gasteiger partial charge in [0.25, 0.3) is 0 Å². The third kappa shape index (κ3) is 3.09. The summed E-state index contributed by atoms with van der Waals surface area (Å²) in [6.45, 7) is 1.89. The fourth-order valence-corrected chi connectivity index (χ4v) is 2.08. The second-order valence-corrected chi connectivity index (χ2v) is 4.87. The number of aliphatic hydroxyl groups is 1. The highest BCUT2D eigenvalue weighted by molar-refractivity contribution is 9.10. The van der Waals surface area contributed by atoms with Gasteiger partial charge in [-0.2, -0.15) is 0 Å². The number of ether oxygens (including phenoxy) is 1. The minimum Gasteiger partial charge on any atom is -0.457 e. The molecule has 0 spiro atoms. The summed E-state index contributed by atoms with van der Waals surface area (Å²) in [7, 11) is 0. The highest BCUT2D eigenvalue weighted by Gasteiger charge is 2.04. The smallest absolute Gasteiger partial charge is 0.131 e. The number of hydrogen-bond acceptors (Lipinski definition) is 2. The molecule has 0 aliphatic heterocycles. The SMILES string of the molecule is Cc1cc(Oc2cc(F)cc(Br)c2)ccc1CO. The van der Waals surface area contributed by atoms with Crippen molar-refractivity contribution >= 4 is 15.9 Å². The maximum absolute atomic E-state index is 13.2. The van der Waals surface area contributed by atoms with Crippen LogP contribution in [0, 0.1) is 12.7 Å². The summed E-state index contributed by atoms with van der Waals surface area (Å²) in [5.41, 5.74) is 1.79. The Labute approximate surface area is 113 Å². The van der Waals surface area contributed by atoms with E-state index in [1.807, 2.05) is 13.0 Å². The van der Waals surface area contributed by atoms with Gasteiger partial charge in [0.05, 0.1) is 6.61 Å². The van der Waals surface area contributed by atoms with E-state index in [4.69, 9.17) is 9.84 Å². The fraction of sp³-hybridized carbons (Fsp3) is 0.143. The average Bonchev–Trinajstić information content (AvgIpc) is 2.27. The average molecular weight is 311 g/mol. The highest BCUT2D eigenvalue weighted by Crippen LogP contribution is 2.27. The molecule has 2 aromatic carbocycles. The monoisotopic (exact) mass is 310 g/mol. The van der Waals surface area contributed by atoms with E-state index in [1.54, 1.807) is 18.2 Å². The molecule has 2 aromatic rings. The first kappa shape index (κ1) is 13.1. The van der Waals surface area contributed by atoms with Crippen molar-refractivity contribution in [3.05, 3.63) is 57.8 Å². The van der Waals surface area contributed by atoms with Crippen molar-refractivity contribution in [2.24, 2.45) is 0 Å². The molecule has 0 unspecified atom stereocenters. The maximum Gasteiger partial charge on any atom is 0.131 e. The predicted octanol–water partition coefficient (Wildman–Crippen LogP) is 4.18. The third-order valence-corrected chi connectivity index (χ3v) is 3.01. The molecule has 4 heteroatoms. The number of aryl methyl sites for hydroxylation is 1. The van der Waals surface area contributed by atoms with Gasteiger partial charge < -0.3 is 9.84 Å². The van der Waals surface area contributed by atoms with Gasteiger partial charge in [0, 0.05) is 10.5 Å². The van der Waals surface area contributed by atoms with Crippen LogP contribution in [0.2, 0.25) is 0 Å². The van der Waals surface area contributed by atoms with E-state index < -0.39 is 0 Å². The second-order valence-electron chi connectivity index (χ2n) is 3.95. The first-order valence-corrected chi connectivity index (χ1v) is 6.22. The Kier molecular flexibility index (Phi) is 3.99. The second kappa shape index (κ2) is 5.50. The van der Waals surface area contributed by atoms with E-state index in [0.29, 0.717) is 16.0 Å². The summed E-state index contributed by atoms with van der Waals surface area (Å²) >= 11 is 3.21. The lowest BCUT2D eigenvalue weighted by atomic mass is 10.1. The van der Waals surface area contributed by atoms with E-state index in [2.05, 4.69) is 15.9 Å². The van der Waals surface area contributed by atoms with Crippen LogP contribution < -0.4 is 4.74 Å². The molecule has 0 saturated heterocycles. The third-order valence-electron chi connectivity index (χ3n) is 2.56. The quantitative estimate of drug-likeness (QED) is 0.921. The van der Waals surface area contributed by atoms with Gasteiger partial charge in [0.2, 0.25) is 0 Å².